The minimum Gasteiger partial charge on any atom is -0.496 e. The molecular formula is C19H18N2O4. The maximum atomic E-state index is 13.2. The standard InChI is InChI=1S/C19H18N2O4/c1-24-15-8-4-2-6-13(15)12-21-17(22)19(20-18(21)23)10-11-25-16-9-5-3-7-14(16)19/h2-9H,10-12H2,1H3,(H,20,23). The summed E-state index contributed by atoms with van der Waals surface area (Å²) in [6, 6.07) is 14.3. The van der Waals surface area contributed by atoms with E-state index in [0.29, 0.717) is 30.1 Å². The molecule has 0 aliphatic carbocycles. The Labute approximate surface area is 145 Å². The average Bonchev–Trinajstić information content (AvgIpc) is 2.87. The number of benzene rings is 2. The molecule has 4 rings (SSSR count). The highest BCUT2D eigenvalue weighted by molar-refractivity contribution is 6.07. The number of carbonyl (C=O) groups is 2. The molecule has 1 fully saturated rings. The Morgan fingerprint density at radius 2 is 1.92 bits per heavy atom. The van der Waals surface area contributed by atoms with Crippen molar-refractivity contribution in [3.63, 3.8) is 0 Å². The Morgan fingerprint density at radius 1 is 1.16 bits per heavy atom. The number of para-hydroxylation sites is 2. The summed E-state index contributed by atoms with van der Waals surface area (Å²) in [5.74, 6) is 1.04. The van der Waals surface area contributed by atoms with Crippen LogP contribution in [0.3, 0.4) is 0 Å². The van der Waals surface area contributed by atoms with Crippen molar-refractivity contribution >= 4 is 11.9 Å². The van der Waals surface area contributed by atoms with Gasteiger partial charge in [-0.15, -0.1) is 0 Å². The number of imide groups is 1. The minimum atomic E-state index is -1.05. The first kappa shape index (κ1) is 15.5. The number of nitrogens with zero attached hydrogens (tertiary/aromatic N) is 1. The summed E-state index contributed by atoms with van der Waals surface area (Å²) in [6.45, 7) is 0.547. The Balaban J connectivity index is 1.70. The van der Waals surface area contributed by atoms with Gasteiger partial charge in [-0.3, -0.25) is 9.69 Å². The molecule has 1 saturated heterocycles. The maximum Gasteiger partial charge on any atom is 0.325 e. The zero-order chi connectivity index (χ0) is 17.4. The topological polar surface area (TPSA) is 67.9 Å². The van der Waals surface area contributed by atoms with E-state index >= 15 is 0 Å². The van der Waals surface area contributed by atoms with Crippen LogP contribution in [0.4, 0.5) is 4.79 Å². The number of methoxy groups -OCH3 is 1. The van der Waals surface area contributed by atoms with Gasteiger partial charge in [-0.25, -0.2) is 4.79 Å². The largest absolute Gasteiger partial charge is 0.496 e. The first-order chi connectivity index (χ1) is 12.2. The van der Waals surface area contributed by atoms with Crippen LogP contribution in [-0.4, -0.2) is 30.6 Å². The summed E-state index contributed by atoms with van der Waals surface area (Å²) in [4.78, 5) is 27.0. The van der Waals surface area contributed by atoms with Crippen LogP contribution in [0.15, 0.2) is 48.5 Å². The molecule has 1 N–H and O–H groups in total. The molecule has 2 aliphatic rings. The molecule has 6 heteroatoms. The third kappa shape index (κ3) is 2.33. The van der Waals surface area contributed by atoms with Crippen LogP contribution >= 0.6 is 0 Å². The predicted molar refractivity (Wildman–Crippen MR) is 90.3 cm³/mol. The van der Waals surface area contributed by atoms with E-state index in [1.54, 1.807) is 7.11 Å². The third-order valence-corrected chi connectivity index (χ3v) is 4.78. The normalized spacial score (nSPS) is 21.7. The smallest absolute Gasteiger partial charge is 0.325 e. The molecule has 0 bridgehead atoms. The summed E-state index contributed by atoms with van der Waals surface area (Å²) >= 11 is 0. The lowest BCUT2D eigenvalue weighted by atomic mass is 9.84. The van der Waals surface area contributed by atoms with Crippen molar-refractivity contribution in [3.8, 4) is 11.5 Å². The number of carbonyl (C=O) groups excluding carboxylic acids is 2. The lowest BCUT2D eigenvalue weighted by Crippen LogP contribution is -2.47. The van der Waals surface area contributed by atoms with Crippen molar-refractivity contribution in [2.75, 3.05) is 13.7 Å². The minimum absolute atomic E-state index is 0.166. The van der Waals surface area contributed by atoms with Crippen molar-refractivity contribution in [1.82, 2.24) is 10.2 Å². The fourth-order valence-corrected chi connectivity index (χ4v) is 3.52. The SMILES string of the molecule is COc1ccccc1CN1C(=O)NC2(CCOc3ccccc32)C1=O. The number of urea groups is 1. The lowest BCUT2D eigenvalue weighted by Gasteiger charge is -2.33. The van der Waals surface area contributed by atoms with E-state index in [2.05, 4.69) is 5.32 Å². The second-order valence-corrected chi connectivity index (χ2v) is 6.13. The molecule has 25 heavy (non-hydrogen) atoms. The molecule has 128 valence electrons. The zero-order valence-electron chi connectivity index (χ0n) is 13.8. The molecule has 1 unspecified atom stereocenters. The van der Waals surface area contributed by atoms with Gasteiger partial charge in [0.1, 0.15) is 11.5 Å². The van der Waals surface area contributed by atoms with Gasteiger partial charge in [-0.05, 0) is 12.1 Å². The van der Waals surface area contributed by atoms with E-state index in [4.69, 9.17) is 9.47 Å². The number of ether oxygens (including phenoxy) is 2. The third-order valence-electron chi connectivity index (χ3n) is 4.78. The number of hydrogen-bond donors (Lipinski definition) is 1. The molecule has 2 aromatic carbocycles. The van der Waals surface area contributed by atoms with Crippen LogP contribution in [0.5, 0.6) is 11.5 Å². The highest BCUT2D eigenvalue weighted by Crippen LogP contribution is 2.41. The van der Waals surface area contributed by atoms with Gasteiger partial charge in [-0.2, -0.15) is 0 Å². The molecular weight excluding hydrogens is 320 g/mol. The van der Waals surface area contributed by atoms with E-state index in [0.717, 1.165) is 5.56 Å². The Hall–Kier alpha value is -3.02. The fourth-order valence-electron chi connectivity index (χ4n) is 3.52. The van der Waals surface area contributed by atoms with E-state index in [1.165, 1.54) is 4.90 Å². The first-order valence-corrected chi connectivity index (χ1v) is 8.14. The van der Waals surface area contributed by atoms with Crippen LogP contribution in [0, 0.1) is 0 Å². The van der Waals surface area contributed by atoms with Crippen LogP contribution in [0.2, 0.25) is 0 Å². The lowest BCUT2D eigenvalue weighted by molar-refractivity contribution is -0.133. The Morgan fingerprint density at radius 3 is 2.76 bits per heavy atom. The van der Waals surface area contributed by atoms with E-state index in [1.807, 2.05) is 48.5 Å². The number of rotatable bonds is 3. The van der Waals surface area contributed by atoms with Crippen molar-refractivity contribution in [2.24, 2.45) is 0 Å². The first-order valence-electron chi connectivity index (χ1n) is 8.14. The highest BCUT2D eigenvalue weighted by atomic mass is 16.5. The van der Waals surface area contributed by atoms with Crippen LogP contribution in [0.25, 0.3) is 0 Å². The van der Waals surface area contributed by atoms with Gasteiger partial charge in [0, 0.05) is 17.5 Å². The van der Waals surface area contributed by atoms with Gasteiger partial charge in [-0.1, -0.05) is 36.4 Å². The molecule has 2 aromatic rings. The molecule has 1 spiro atoms. The molecule has 0 saturated carbocycles. The summed E-state index contributed by atoms with van der Waals surface area (Å²) in [7, 11) is 1.57. The highest BCUT2D eigenvalue weighted by Gasteiger charge is 2.54. The maximum absolute atomic E-state index is 13.2. The summed E-state index contributed by atoms with van der Waals surface area (Å²) in [5.41, 5.74) is 0.446. The average molecular weight is 338 g/mol. The molecule has 3 amide bonds. The van der Waals surface area contributed by atoms with Crippen molar-refractivity contribution < 1.29 is 19.1 Å². The summed E-state index contributed by atoms with van der Waals surface area (Å²) in [5, 5.41) is 2.90. The van der Waals surface area contributed by atoms with E-state index in [-0.39, 0.29) is 12.5 Å². The Bertz CT molecular complexity index is 851. The molecule has 2 heterocycles. The molecule has 0 radical (unpaired) electrons. The van der Waals surface area contributed by atoms with E-state index in [9.17, 15) is 9.59 Å². The second kappa shape index (κ2) is 5.81. The quantitative estimate of drug-likeness (QED) is 0.873. The van der Waals surface area contributed by atoms with E-state index < -0.39 is 11.6 Å². The molecule has 2 aliphatic heterocycles. The molecule has 1 atom stereocenters. The van der Waals surface area contributed by atoms with Crippen molar-refractivity contribution in [2.45, 2.75) is 18.5 Å². The number of nitrogens with one attached hydrogen (secondary N) is 1. The number of hydrogen-bond acceptors (Lipinski definition) is 4. The van der Waals surface area contributed by atoms with Crippen molar-refractivity contribution in [3.05, 3.63) is 59.7 Å². The van der Waals surface area contributed by atoms with Gasteiger partial charge in [0.05, 0.1) is 20.3 Å². The fraction of sp³-hybridized carbons (Fsp3) is 0.263. The van der Waals surface area contributed by atoms with Gasteiger partial charge in [0.15, 0.2) is 5.54 Å². The van der Waals surface area contributed by atoms with Crippen LogP contribution in [0.1, 0.15) is 17.5 Å². The zero-order valence-corrected chi connectivity index (χ0v) is 13.8. The molecule has 0 aromatic heterocycles. The number of amides is 3. The molecule has 6 nitrogen and oxygen atoms in total. The van der Waals surface area contributed by atoms with Crippen LogP contribution < -0.4 is 14.8 Å². The second-order valence-electron chi connectivity index (χ2n) is 6.13. The predicted octanol–water partition coefficient (Wildman–Crippen LogP) is 2.43. The van der Waals surface area contributed by atoms with Gasteiger partial charge < -0.3 is 14.8 Å². The summed E-state index contributed by atoms with van der Waals surface area (Å²) in [6.07, 6.45) is 0.414. The van der Waals surface area contributed by atoms with Gasteiger partial charge in [0.25, 0.3) is 5.91 Å². The Kier molecular flexibility index (Phi) is 3.60. The van der Waals surface area contributed by atoms with Gasteiger partial charge >= 0.3 is 6.03 Å². The number of fused-ring (bicyclic) bond motifs is 2. The van der Waals surface area contributed by atoms with Crippen molar-refractivity contribution in [1.29, 1.82) is 0 Å². The van der Waals surface area contributed by atoms with Crippen LogP contribution in [-0.2, 0) is 16.9 Å². The van der Waals surface area contributed by atoms with Gasteiger partial charge in [0.2, 0.25) is 0 Å². The monoisotopic (exact) mass is 338 g/mol. The summed E-state index contributed by atoms with van der Waals surface area (Å²) < 4.78 is 11.0.